The Morgan fingerprint density at radius 2 is 1.88 bits per heavy atom. The monoisotopic (exact) mass is 223 g/mol. The zero-order valence-corrected chi connectivity index (χ0v) is 8.45. The maximum Gasteiger partial charge on any atom is 0.390 e. The molecule has 16 heavy (non-hydrogen) atoms. The number of carbonyl (C=O) groups is 2. The van der Waals surface area contributed by atoms with E-state index in [1.165, 1.54) is 12.1 Å². The molecule has 1 rings (SSSR count). The van der Waals surface area contributed by atoms with E-state index < -0.39 is 22.7 Å². The van der Waals surface area contributed by atoms with E-state index in [0.29, 0.717) is 0 Å². The third kappa shape index (κ3) is 2.41. The first-order valence-electron chi connectivity index (χ1n) is 4.38. The molecule has 0 aliphatic carbocycles. The third-order valence-corrected chi connectivity index (χ3v) is 1.94. The summed E-state index contributed by atoms with van der Waals surface area (Å²) in [5, 5.41) is 10.6. The van der Waals surface area contributed by atoms with Gasteiger partial charge in [0, 0.05) is 10.5 Å². The smallest absolute Gasteiger partial charge is 0.390 e. The van der Waals surface area contributed by atoms with Crippen molar-refractivity contribution >= 4 is 11.8 Å². The van der Waals surface area contributed by atoms with Gasteiger partial charge < -0.3 is 4.74 Å². The minimum atomic E-state index is -1.99. The molecule has 0 saturated carbocycles. The van der Waals surface area contributed by atoms with E-state index in [9.17, 15) is 19.7 Å². The van der Waals surface area contributed by atoms with Crippen molar-refractivity contribution in [1.82, 2.24) is 0 Å². The van der Waals surface area contributed by atoms with E-state index in [1.54, 1.807) is 18.2 Å². The van der Waals surface area contributed by atoms with Crippen LogP contribution in [0.15, 0.2) is 30.3 Å². The summed E-state index contributed by atoms with van der Waals surface area (Å²) in [6.07, 6.45) is 0. The SMILES string of the molecule is COC(=O)C(C(=O)c1ccccc1)[N+](=O)[O-]. The molecular formula is C10H9NO5. The molecule has 1 aromatic rings. The van der Waals surface area contributed by atoms with E-state index in [4.69, 9.17) is 0 Å². The van der Waals surface area contributed by atoms with Gasteiger partial charge in [-0.3, -0.25) is 14.9 Å². The molecule has 0 heterocycles. The molecule has 0 N–H and O–H groups in total. The Hall–Kier alpha value is -2.24. The number of benzene rings is 1. The number of ether oxygens (including phenoxy) is 1. The van der Waals surface area contributed by atoms with Crippen LogP contribution in [0.1, 0.15) is 10.4 Å². The number of ketones is 1. The average molecular weight is 223 g/mol. The molecule has 0 amide bonds. The summed E-state index contributed by atoms with van der Waals surface area (Å²) in [6, 6.07) is 5.59. The van der Waals surface area contributed by atoms with Crippen LogP contribution < -0.4 is 0 Å². The predicted molar refractivity (Wildman–Crippen MR) is 53.6 cm³/mol. The molecule has 1 aromatic carbocycles. The second kappa shape index (κ2) is 5.01. The van der Waals surface area contributed by atoms with Crippen LogP contribution in [0, 0.1) is 10.1 Å². The molecule has 6 heteroatoms. The van der Waals surface area contributed by atoms with Gasteiger partial charge in [-0.2, -0.15) is 0 Å². The summed E-state index contributed by atoms with van der Waals surface area (Å²) in [4.78, 5) is 32.4. The normalized spacial score (nSPS) is 11.6. The van der Waals surface area contributed by atoms with Gasteiger partial charge in [0.05, 0.1) is 7.11 Å². The van der Waals surface area contributed by atoms with Gasteiger partial charge in [-0.05, 0) is 0 Å². The van der Waals surface area contributed by atoms with Gasteiger partial charge in [0.15, 0.2) is 0 Å². The molecular weight excluding hydrogens is 214 g/mol. The highest BCUT2D eigenvalue weighted by atomic mass is 16.6. The fraction of sp³-hybridized carbons (Fsp3) is 0.200. The first-order valence-corrected chi connectivity index (χ1v) is 4.38. The van der Waals surface area contributed by atoms with Crippen LogP contribution in [-0.2, 0) is 9.53 Å². The Kier molecular flexibility index (Phi) is 3.71. The number of nitrogens with zero attached hydrogens (tertiary/aromatic N) is 1. The number of hydrogen-bond acceptors (Lipinski definition) is 5. The van der Waals surface area contributed by atoms with Crippen molar-refractivity contribution in [1.29, 1.82) is 0 Å². The maximum absolute atomic E-state index is 11.6. The Balaban J connectivity index is 3.02. The molecule has 0 saturated heterocycles. The molecule has 0 aromatic heterocycles. The molecule has 0 fully saturated rings. The molecule has 0 radical (unpaired) electrons. The van der Waals surface area contributed by atoms with Crippen LogP contribution >= 0.6 is 0 Å². The lowest BCUT2D eigenvalue weighted by Crippen LogP contribution is -2.38. The van der Waals surface area contributed by atoms with Gasteiger partial charge in [0.1, 0.15) is 0 Å². The van der Waals surface area contributed by atoms with Crippen LogP contribution in [-0.4, -0.2) is 29.8 Å². The number of hydrogen-bond donors (Lipinski definition) is 0. The maximum atomic E-state index is 11.6. The van der Waals surface area contributed by atoms with Gasteiger partial charge in [0.2, 0.25) is 5.78 Å². The molecule has 0 aliphatic rings. The van der Waals surface area contributed by atoms with Crippen LogP contribution in [0.25, 0.3) is 0 Å². The van der Waals surface area contributed by atoms with Gasteiger partial charge in [-0.25, -0.2) is 4.79 Å². The number of esters is 1. The Bertz CT molecular complexity index is 414. The second-order valence-corrected chi connectivity index (χ2v) is 2.94. The first-order chi connectivity index (χ1) is 7.57. The summed E-state index contributed by atoms with van der Waals surface area (Å²) in [5.74, 6) is -2.05. The lowest BCUT2D eigenvalue weighted by Gasteiger charge is -2.05. The molecule has 1 atom stereocenters. The summed E-state index contributed by atoms with van der Waals surface area (Å²) in [7, 11) is 0.997. The Morgan fingerprint density at radius 3 is 2.31 bits per heavy atom. The zero-order valence-electron chi connectivity index (χ0n) is 8.45. The van der Waals surface area contributed by atoms with Crippen molar-refractivity contribution in [2.45, 2.75) is 6.04 Å². The minimum absolute atomic E-state index is 0.106. The number of carbonyl (C=O) groups excluding carboxylic acids is 2. The van der Waals surface area contributed by atoms with E-state index in [2.05, 4.69) is 4.74 Å². The molecule has 84 valence electrons. The Labute approximate surface area is 91.0 Å². The molecule has 0 aliphatic heterocycles. The van der Waals surface area contributed by atoms with Gasteiger partial charge >= 0.3 is 12.0 Å². The lowest BCUT2D eigenvalue weighted by atomic mass is 10.1. The van der Waals surface area contributed by atoms with E-state index in [1.807, 2.05) is 0 Å². The van der Waals surface area contributed by atoms with E-state index in [0.717, 1.165) is 7.11 Å². The second-order valence-electron chi connectivity index (χ2n) is 2.94. The van der Waals surface area contributed by atoms with Crippen LogP contribution in [0.3, 0.4) is 0 Å². The highest BCUT2D eigenvalue weighted by Crippen LogP contribution is 2.07. The largest absolute Gasteiger partial charge is 0.464 e. The molecule has 0 spiro atoms. The Morgan fingerprint density at radius 1 is 1.31 bits per heavy atom. The van der Waals surface area contributed by atoms with Crippen molar-refractivity contribution in [2.24, 2.45) is 0 Å². The van der Waals surface area contributed by atoms with Gasteiger partial charge in [-0.15, -0.1) is 0 Å². The van der Waals surface area contributed by atoms with Crippen LogP contribution in [0.2, 0.25) is 0 Å². The standard InChI is InChI=1S/C10H9NO5/c1-16-10(13)8(11(14)15)9(12)7-5-3-2-4-6-7/h2-6,8H,1H3. The number of Topliss-reactive ketones (excluding diaryl/α,β-unsaturated/α-hetero) is 1. The van der Waals surface area contributed by atoms with Crippen molar-refractivity contribution in [2.75, 3.05) is 7.11 Å². The summed E-state index contributed by atoms with van der Waals surface area (Å²) < 4.78 is 4.21. The number of methoxy groups -OCH3 is 1. The average Bonchev–Trinajstić information content (AvgIpc) is 2.29. The van der Waals surface area contributed by atoms with E-state index >= 15 is 0 Å². The van der Waals surface area contributed by atoms with Crippen molar-refractivity contribution in [3.8, 4) is 0 Å². The predicted octanol–water partition coefficient (Wildman–Crippen LogP) is 0.688. The van der Waals surface area contributed by atoms with Crippen LogP contribution in [0.5, 0.6) is 0 Å². The molecule has 6 nitrogen and oxygen atoms in total. The minimum Gasteiger partial charge on any atom is -0.464 e. The highest BCUT2D eigenvalue weighted by Gasteiger charge is 2.39. The summed E-state index contributed by atoms with van der Waals surface area (Å²) >= 11 is 0. The summed E-state index contributed by atoms with van der Waals surface area (Å²) in [5.41, 5.74) is 0.106. The van der Waals surface area contributed by atoms with Crippen molar-refractivity contribution in [3.63, 3.8) is 0 Å². The van der Waals surface area contributed by atoms with Crippen LogP contribution in [0.4, 0.5) is 0 Å². The topological polar surface area (TPSA) is 86.5 Å². The molecule has 1 unspecified atom stereocenters. The fourth-order valence-corrected chi connectivity index (χ4v) is 1.16. The number of nitro groups is 1. The van der Waals surface area contributed by atoms with Crippen molar-refractivity contribution < 1.29 is 19.2 Å². The van der Waals surface area contributed by atoms with Gasteiger partial charge in [-0.1, -0.05) is 30.3 Å². The molecule has 0 bridgehead atoms. The number of rotatable bonds is 4. The third-order valence-electron chi connectivity index (χ3n) is 1.94. The summed E-state index contributed by atoms with van der Waals surface area (Å²) in [6.45, 7) is 0. The zero-order chi connectivity index (χ0) is 12.1. The van der Waals surface area contributed by atoms with Gasteiger partial charge in [0.25, 0.3) is 0 Å². The lowest BCUT2D eigenvalue weighted by molar-refractivity contribution is -0.493. The first kappa shape index (κ1) is 11.8. The highest BCUT2D eigenvalue weighted by molar-refractivity contribution is 6.10. The van der Waals surface area contributed by atoms with E-state index in [-0.39, 0.29) is 5.56 Å². The quantitative estimate of drug-likeness (QED) is 0.246. The van der Waals surface area contributed by atoms with Crippen molar-refractivity contribution in [3.05, 3.63) is 46.0 Å². The fourth-order valence-electron chi connectivity index (χ4n) is 1.16.